The summed E-state index contributed by atoms with van der Waals surface area (Å²) in [6.07, 6.45) is 91.1. The highest BCUT2D eigenvalue weighted by molar-refractivity contribution is 5.71. The van der Waals surface area contributed by atoms with E-state index in [-0.39, 0.29) is 44.0 Å². The van der Waals surface area contributed by atoms with E-state index in [1.165, 1.54) is 83.5 Å². The van der Waals surface area contributed by atoms with E-state index in [4.69, 9.17) is 14.2 Å². The minimum atomic E-state index is -0.836. The summed E-state index contributed by atoms with van der Waals surface area (Å²) in [5.74, 6) is -1.06. The van der Waals surface area contributed by atoms with Crippen molar-refractivity contribution in [3.8, 4) is 0 Å². The Bertz CT molecular complexity index is 1720. The molecule has 0 aliphatic carbocycles. The van der Waals surface area contributed by atoms with Gasteiger partial charge in [-0.05, 0) is 135 Å². The van der Waals surface area contributed by atoms with Crippen LogP contribution in [0.15, 0.2) is 158 Å². The Labute approximate surface area is 467 Å². The standard InChI is InChI=1S/C70H110O6/c1-4-7-10-13-16-19-22-25-28-31-33-34-35-36-37-40-42-45-48-51-54-57-60-63-69(72)75-66-67(65-74-68(71)62-59-56-53-50-47-44-41-38-30-27-24-21-18-15-12-9-6-3)76-70(73)64-61-58-55-52-49-46-43-39-32-29-26-23-20-17-14-11-8-5-2/h7,9-10,12,16,18-19,21,25,27-30,32-34,36-37,41-42,44-45,50-51,53-54,67H,4-6,8,11,13-15,17,20,22-24,26,31,35,38-40,43,46-49,52,55-66H2,1-3H3/b10-7-,12-9-,19-16-,21-18-,28-25-,30-27-,32-29-,34-33-,37-36-,44-41-,45-42-,53-50-,54-51-. The van der Waals surface area contributed by atoms with Gasteiger partial charge < -0.3 is 14.2 Å². The molecule has 0 amide bonds. The minimum absolute atomic E-state index is 0.134. The van der Waals surface area contributed by atoms with Crippen molar-refractivity contribution in [3.63, 3.8) is 0 Å². The third-order valence-corrected chi connectivity index (χ3v) is 12.2. The third kappa shape index (κ3) is 59.9. The van der Waals surface area contributed by atoms with Crippen LogP contribution >= 0.6 is 0 Å². The molecule has 0 saturated carbocycles. The average Bonchev–Trinajstić information content (AvgIpc) is 3.42. The fourth-order valence-corrected chi connectivity index (χ4v) is 7.76. The van der Waals surface area contributed by atoms with Gasteiger partial charge in [0, 0.05) is 19.3 Å². The number of allylic oxidation sites excluding steroid dienone is 26. The van der Waals surface area contributed by atoms with Crippen LogP contribution in [0.3, 0.4) is 0 Å². The van der Waals surface area contributed by atoms with Crippen molar-refractivity contribution < 1.29 is 28.6 Å². The second kappa shape index (κ2) is 62.6. The number of ether oxygens (including phenoxy) is 3. The first kappa shape index (κ1) is 71.0. The zero-order chi connectivity index (χ0) is 55.0. The summed E-state index contributed by atoms with van der Waals surface area (Å²) < 4.78 is 16.8. The first-order valence-electron chi connectivity index (χ1n) is 30.5. The van der Waals surface area contributed by atoms with Crippen LogP contribution in [0.25, 0.3) is 0 Å². The molecule has 76 heavy (non-hydrogen) atoms. The van der Waals surface area contributed by atoms with Crippen LogP contribution in [0.1, 0.15) is 245 Å². The molecule has 0 aliphatic rings. The van der Waals surface area contributed by atoms with Crippen LogP contribution in [0, 0.1) is 0 Å². The van der Waals surface area contributed by atoms with E-state index in [0.717, 1.165) is 109 Å². The number of carbonyl (C=O) groups is 3. The predicted molar refractivity (Wildman–Crippen MR) is 329 cm³/mol. The number of hydrogen-bond donors (Lipinski definition) is 0. The lowest BCUT2D eigenvalue weighted by Gasteiger charge is -2.18. The van der Waals surface area contributed by atoms with E-state index >= 15 is 0 Å². The largest absolute Gasteiger partial charge is 0.462 e. The Morgan fingerprint density at radius 2 is 0.526 bits per heavy atom. The van der Waals surface area contributed by atoms with Crippen LogP contribution in [0.2, 0.25) is 0 Å². The molecule has 0 fully saturated rings. The van der Waals surface area contributed by atoms with Gasteiger partial charge in [0.1, 0.15) is 13.2 Å². The van der Waals surface area contributed by atoms with Gasteiger partial charge in [-0.15, -0.1) is 0 Å². The van der Waals surface area contributed by atoms with Crippen molar-refractivity contribution in [2.75, 3.05) is 13.2 Å². The van der Waals surface area contributed by atoms with Gasteiger partial charge in [0.05, 0.1) is 0 Å². The summed E-state index contributed by atoms with van der Waals surface area (Å²) in [6.45, 7) is 6.30. The van der Waals surface area contributed by atoms with E-state index in [0.29, 0.717) is 19.3 Å². The Morgan fingerprint density at radius 1 is 0.276 bits per heavy atom. The van der Waals surface area contributed by atoms with Crippen molar-refractivity contribution in [3.05, 3.63) is 158 Å². The average molecular weight is 1050 g/mol. The van der Waals surface area contributed by atoms with Gasteiger partial charge in [-0.3, -0.25) is 14.4 Å². The number of unbranched alkanes of at least 4 members (excludes halogenated alkanes) is 16. The predicted octanol–water partition coefficient (Wildman–Crippen LogP) is 20.9. The lowest BCUT2D eigenvalue weighted by atomic mass is 10.1. The molecule has 1 atom stereocenters. The van der Waals surface area contributed by atoms with Crippen LogP contribution in [0.4, 0.5) is 0 Å². The highest BCUT2D eigenvalue weighted by Gasteiger charge is 2.19. The second-order valence-corrected chi connectivity index (χ2v) is 19.5. The summed E-state index contributed by atoms with van der Waals surface area (Å²) in [6, 6.07) is 0. The molecule has 0 heterocycles. The minimum Gasteiger partial charge on any atom is -0.462 e. The molecule has 6 nitrogen and oxygen atoms in total. The van der Waals surface area contributed by atoms with E-state index < -0.39 is 6.10 Å². The quantitative estimate of drug-likeness (QED) is 0.0261. The topological polar surface area (TPSA) is 78.9 Å². The molecule has 0 aliphatic heterocycles. The van der Waals surface area contributed by atoms with Gasteiger partial charge in [-0.25, -0.2) is 0 Å². The van der Waals surface area contributed by atoms with Gasteiger partial charge in [0.25, 0.3) is 0 Å². The van der Waals surface area contributed by atoms with Crippen LogP contribution in [-0.2, 0) is 28.6 Å². The summed E-state index contributed by atoms with van der Waals surface area (Å²) in [4.78, 5) is 38.2. The maximum absolute atomic E-state index is 12.9. The monoisotopic (exact) mass is 1050 g/mol. The first-order valence-corrected chi connectivity index (χ1v) is 30.5. The number of hydrogen-bond acceptors (Lipinski definition) is 6. The van der Waals surface area contributed by atoms with E-state index in [1.807, 2.05) is 0 Å². The van der Waals surface area contributed by atoms with E-state index in [1.54, 1.807) is 0 Å². The zero-order valence-electron chi connectivity index (χ0n) is 48.7. The van der Waals surface area contributed by atoms with Gasteiger partial charge >= 0.3 is 17.9 Å². The molecule has 0 bridgehead atoms. The molecule has 0 radical (unpaired) electrons. The number of rotatable bonds is 53. The molecule has 0 aromatic heterocycles. The molecule has 426 valence electrons. The summed E-state index contributed by atoms with van der Waals surface area (Å²) in [5, 5.41) is 0. The van der Waals surface area contributed by atoms with Gasteiger partial charge in [-0.2, -0.15) is 0 Å². The van der Waals surface area contributed by atoms with E-state index in [2.05, 4.69) is 179 Å². The highest BCUT2D eigenvalue weighted by Crippen LogP contribution is 2.13. The maximum Gasteiger partial charge on any atom is 0.306 e. The SMILES string of the molecule is CC/C=C\C/C=C\C/C=C\C/C=C\C/C=C\C/C=C\C/C=C\CCCC(=O)OCC(COC(=O)CCC/C=C\C/C=C\C/C=C\C/C=C\C/C=C\CC)OC(=O)CCCCCCCCC/C=C\CCCCCCCCC. The van der Waals surface area contributed by atoms with Crippen LogP contribution in [-0.4, -0.2) is 37.2 Å². The van der Waals surface area contributed by atoms with Gasteiger partial charge in [-0.1, -0.05) is 249 Å². The van der Waals surface area contributed by atoms with Gasteiger partial charge in [0.2, 0.25) is 0 Å². The normalized spacial score (nSPS) is 13.2. The fourth-order valence-electron chi connectivity index (χ4n) is 7.76. The smallest absolute Gasteiger partial charge is 0.306 e. The molecule has 0 spiro atoms. The third-order valence-electron chi connectivity index (χ3n) is 12.2. The highest BCUT2D eigenvalue weighted by atomic mass is 16.6. The summed E-state index contributed by atoms with van der Waals surface area (Å²) in [7, 11) is 0. The molecular weight excluding hydrogens is 937 g/mol. The molecule has 0 saturated heterocycles. The molecule has 1 unspecified atom stereocenters. The second-order valence-electron chi connectivity index (χ2n) is 19.5. The Morgan fingerprint density at radius 3 is 0.855 bits per heavy atom. The van der Waals surface area contributed by atoms with Crippen molar-refractivity contribution in [2.24, 2.45) is 0 Å². The van der Waals surface area contributed by atoms with Crippen molar-refractivity contribution >= 4 is 17.9 Å². The molecule has 6 heteroatoms. The Hall–Kier alpha value is -4.97. The van der Waals surface area contributed by atoms with Crippen LogP contribution < -0.4 is 0 Å². The molecule has 0 rings (SSSR count). The fraction of sp³-hybridized carbons (Fsp3) is 0.586. The molecule has 0 aromatic carbocycles. The molecule has 0 N–H and O–H groups in total. The Balaban J connectivity index is 4.59. The summed E-state index contributed by atoms with van der Waals surface area (Å²) >= 11 is 0. The molecule has 0 aromatic rings. The molecular formula is C70H110O6. The number of esters is 3. The zero-order valence-corrected chi connectivity index (χ0v) is 48.7. The number of carbonyl (C=O) groups excluding carboxylic acids is 3. The lowest BCUT2D eigenvalue weighted by molar-refractivity contribution is -0.167. The van der Waals surface area contributed by atoms with Crippen molar-refractivity contribution in [1.82, 2.24) is 0 Å². The van der Waals surface area contributed by atoms with Gasteiger partial charge in [0.15, 0.2) is 6.10 Å². The first-order chi connectivity index (χ1) is 37.5. The summed E-state index contributed by atoms with van der Waals surface area (Å²) in [5.41, 5.74) is 0. The van der Waals surface area contributed by atoms with E-state index in [9.17, 15) is 14.4 Å². The van der Waals surface area contributed by atoms with Crippen molar-refractivity contribution in [1.29, 1.82) is 0 Å². The Kier molecular flexibility index (Phi) is 58.5. The van der Waals surface area contributed by atoms with Crippen LogP contribution in [0.5, 0.6) is 0 Å². The lowest BCUT2D eigenvalue weighted by Crippen LogP contribution is -2.30. The van der Waals surface area contributed by atoms with Crippen molar-refractivity contribution in [2.45, 2.75) is 252 Å². The maximum atomic E-state index is 12.9.